The molecule has 2 N–H and O–H groups in total. The fraction of sp³-hybridized carbons (Fsp3) is 0. The van der Waals surface area contributed by atoms with Crippen LogP contribution in [0.2, 0.25) is 0 Å². The summed E-state index contributed by atoms with van der Waals surface area (Å²) in [4.78, 5) is 25.6. The summed E-state index contributed by atoms with van der Waals surface area (Å²) in [5.41, 5.74) is 4.48. The Kier molecular flexibility index (Phi) is 19.1. The summed E-state index contributed by atoms with van der Waals surface area (Å²) in [6, 6.07) is 40.6. The van der Waals surface area contributed by atoms with Crippen LogP contribution in [0.25, 0.3) is 0 Å². The van der Waals surface area contributed by atoms with Gasteiger partial charge in [0.25, 0.3) is 0 Å². The van der Waals surface area contributed by atoms with Crippen LogP contribution in [-0.2, 0) is 43.5 Å². The molecule has 0 heterocycles. The Labute approximate surface area is 224 Å². The molecule has 34 heavy (non-hydrogen) atoms. The Morgan fingerprint density at radius 3 is 0.735 bits per heavy atom. The smallest absolute Gasteiger partial charge is 1.00 e. The maximum Gasteiger partial charge on any atom is 2.00 e. The second-order valence-corrected chi connectivity index (χ2v) is 7.06. The summed E-state index contributed by atoms with van der Waals surface area (Å²) >= 11 is 0. The average molecular weight is 583 g/mol. The first-order chi connectivity index (χ1) is 14.9. The van der Waals surface area contributed by atoms with Crippen LogP contribution in [0.4, 0.5) is 22.7 Å². The molecule has 0 amide bonds. The number of anilines is 4. The second-order valence-electron chi connectivity index (χ2n) is 6.16. The Balaban J connectivity index is 0. The Hall–Kier alpha value is -2.23. The van der Waals surface area contributed by atoms with E-state index < -0.39 is 7.82 Å². The number of halogens is 1. The minimum absolute atomic E-state index is 0. The topological polar surface area (TPSA) is 110 Å². The predicted octanol–water partition coefficient (Wildman–Crippen LogP) is 1.03. The van der Waals surface area contributed by atoms with Crippen molar-refractivity contribution in [1.82, 2.24) is 0 Å². The quantitative estimate of drug-likeness (QED) is 0.275. The van der Waals surface area contributed by atoms with Gasteiger partial charge in [-0.25, -0.2) is 0 Å². The molecule has 0 aliphatic carbocycles. The number of hydrogen-bond donors (Lipinski definition) is 2. The van der Waals surface area contributed by atoms with Crippen LogP contribution in [-0.4, -0.2) is 0 Å². The van der Waals surface area contributed by atoms with Gasteiger partial charge in [-0.1, -0.05) is 72.8 Å². The van der Waals surface area contributed by atoms with Crippen molar-refractivity contribution in [2.24, 2.45) is 0 Å². The van der Waals surface area contributed by atoms with Crippen LogP contribution < -0.4 is 30.0 Å². The van der Waals surface area contributed by atoms with Gasteiger partial charge < -0.3 is 34.6 Å². The average Bonchev–Trinajstić information content (AvgIpc) is 2.76. The Morgan fingerprint density at radius 1 is 0.441 bits per heavy atom. The van der Waals surface area contributed by atoms with Crippen molar-refractivity contribution >= 4 is 30.6 Å². The van der Waals surface area contributed by atoms with Crippen LogP contribution in [0.15, 0.2) is 121 Å². The normalized spacial score (nSPS) is 9.03. The van der Waals surface area contributed by atoms with Crippen molar-refractivity contribution in [1.29, 1.82) is 0 Å². The minimum Gasteiger partial charge on any atom is -1.00 e. The minimum atomic E-state index is -5.39. The molecule has 0 aliphatic heterocycles. The van der Waals surface area contributed by atoms with Crippen LogP contribution in [0.5, 0.6) is 0 Å². The molecule has 0 atom stereocenters. The molecular weight excluding hydrogens is 561 g/mol. The molecule has 6 nitrogen and oxygen atoms in total. The molecule has 4 aromatic carbocycles. The molecule has 0 fully saturated rings. The summed E-state index contributed by atoms with van der Waals surface area (Å²) in [6.07, 6.45) is 0. The summed E-state index contributed by atoms with van der Waals surface area (Å²) < 4.78 is 8.55. The Bertz CT molecular complexity index is 885. The molecule has 0 aromatic heterocycles. The molecular formula is C24H22FN2O4PZn2. The molecule has 0 bridgehead atoms. The van der Waals surface area contributed by atoms with E-state index in [0.29, 0.717) is 0 Å². The first-order valence-corrected chi connectivity index (χ1v) is 10.8. The van der Waals surface area contributed by atoms with Gasteiger partial charge in [0.05, 0.1) is 0 Å². The maximum absolute atomic E-state index is 8.55. The van der Waals surface area contributed by atoms with Crippen molar-refractivity contribution < 1.29 is 62.9 Å². The summed E-state index contributed by atoms with van der Waals surface area (Å²) in [5.74, 6) is 0. The molecule has 0 aliphatic rings. The fourth-order valence-corrected chi connectivity index (χ4v) is 2.42. The van der Waals surface area contributed by atoms with E-state index in [0.717, 1.165) is 22.7 Å². The van der Waals surface area contributed by atoms with E-state index in [1.807, 2.05) is 121 Å². The van der Waals surface area contributed by atoms with E-state index in [1.165, 1.54) is 0 Å². The molecule has 0 spiro atoms. The van der Waals surface area contributed by atoms with E-state index in [2.05, 4.69) is 10.6 Å². The molecule has 4 rings (SSSR count). The van der Waals surface area contributed by atoms with Gasteiger partial charge >= 0.3 is 39.0 Å². The van der Waals surface area contributed by atoms with Crippen LogP contribution in [0.3, 0.4) is 0 Å². The second kappa shape index (κ2) is 19.1. The van der Waals surface area contributed by atoms with E-state index >= 15 is 0 Å². The molecule has 168 valence electrons. The monoisotopic (exact) mass is 580 g/mol. The Morgan fingerprint density at radius 2 is 0.588 bits per heavy atom. The molecule has 0 unspecified atom stereocenters. The van der Waals surface area contributed by atoms with Crippen molar-refractivity contribution in [3.8, 4) is 0 Å². The van der Waals surface area contributed by atoms with E-state index in [-0.39, 0.29) is 43.7 Å². The van der Waals surface area contributed by atoms with Gasteiger partial charge in [0.15, 0.2) is 0 Å². The van der Waals surface area contributed by atoms with E-state index in [9.17, 15) is 0 Å². The third-order valence-electron chi connectivity index (χ3n) is 3.67. The standard InChI is InChI=1S/2C12H11N.FH.H3O4P.2Zn/c2*1-3-7-11(8-4-1)13-12-9-5-2-6-10-12;;1-5(2,3)4;;/h2*1-10,13H;1H;(H3,1,2,3,4);;/q;;;;2*+2/p-4. The third kappa shape index (κ3) is 17.3. The zero-order valence-corrected chi connectivity index (χ0v) is 25.2. The van der Waals surface area contributed by atoms with Crippen molar-refractivity contribution in [2.45, 2.75) is 0 Å². The summed E-state index contributed by atoms with van der Waals surface area (Å²) in [7, 11) is -5.39. The largest absolute Gasteiger partial charge is 2.00 e. The third-order valence-corrected chi connectivity index (χ3v) is 3.67. The first kappa shape index (κ1) is 33.9. The van der Waals surface area contributed by atoms with Crippen molar-refractivity contribution in [2.75, 3.05) is 10.6 Å². The van der Waals surface area contributed by atoms with Gasteiger partial charge in [0.1, 0.15) is 0 Å². The molecule has 0 saturated carbocycles. The summed E-state index contributed by atoms with van der Waals surface area (Å²) in [6.45, 7) is 0. The number of phosphoric acid groups is 1. The first-order valence-electron chi connectivity index (χ1n) is 9.37. The van der Waals surface area contributed by atoms with E-state index in [4.69, 9.17) is 19.2 Å². The van der Waals surface area contributed by atoms with Gasteiger partial charge in [-0.15, -0.1) is 0 Å². The molecule has 0 radical (unpaired) electrons. The fourth-order valence-electron chi connectivity index (χ4n) is 2.42. The number of benzene rings is 4. The zero-order valence-electron chi connectivity index (χ0n) is 18.4. The van der Waals surface area contributed by atoms with Crippen molar-refractivity contribution in [3.05, 3.63) is 121 Å². The van der Waals surface area contributed by atoms with Gasteiger partial charge in [-0.3, -0.25) is 0 Å². The maximum atomic E-state index is 8.55. The van der Waals surface area contributed by atoms with Gasteiger partial charge in [-0.05, 0) is 48.5 Å². The molecule has 0 saturated heterocycles. The van der Waals surface area contributed by atoms with Gasteiger partial charge in [0, 0.05) is 22.7 Å². The predicted molar refractivity (Wildman–Crippen MR) is 120 cm³/mol. The SMILES string of the molecule is O=P([O-])([O-])[O-].[F-].[Zn+2].[Zn+2].c1ccc(Nc2ccccc2)cc1.c1ccc(Nc2ccccc2)cc1. The van der Waals surface area contributed by atoms with E-state index in [1.54, 1.807) is 0 Å². The summed E-state index contributed by atoms with van der Waals surface area (Å²) in [5, 5.41) is 6.61. The molecule has 4 aromatic rings. The number of rotatable bonds is 4. The number of para-hydroxylation sites is 4. The molecule has 10 heteroatoms. The zero-order chi connectivity index (χ0) is 22.4. The van der Waals surface area contributed by atoms with Crippen molar-refractivity contribution in [3.63, 3.8) is 0 Å². The van der Waals surface area contributed by atoms with Crippen LogP contribution in [0, 0.1) is 0 Å². The van der Waals surface area contributed by atoms with Gasteiger partial charge in [0.2, 0.25) is 0 Å². The number of nitrogens with one attached hydrogen (secondary N) is 2. The van der Waals surface area contributed by atoms with Gasteiger partial charge in [-0.2, -0.15) is 7.82 Å². The number of hydrogen-bond acceptors (Lipinski definition) is 6. The van der Waals surface area contributed by atoms with Crippen LogP contribution >= 0.6 is 7.82 Å². The van der Waals surface area contributed by atoms with Crippen LogP contribution in [0.1, 0.15) is 0 Å².